The summed E-state index contributed by atoms with van der Waals surface area (Å²) in [6, 6.07) is 6.72. The quantitative estimate of drug-likeness (QED) is 0.363. The smallest absolute Gasteiger partial charge is 0.333 e. The van der Waals surface area contributed by atoms with Crippen LogP contribution in [0.4, 0.5) is 5.69 Å². The molecule has 0 atom stereocenters. The first-order chi connectivity index (χ1) is 10.4. The molecule has 0 fully saturated rings. The summed E-state index contributed by atoms with van der Waals surface area (Å²) in [5, 5.41) is 14.9. The van der Waals surface area contributed by atoms with Crippen LogP contribution in [0.3, 0.4) is 0 Å². The maximum Gasteiger partial charge on any atom is 0.333 e. The topological polar surface area (TPSA) is 96.5 Å². The van der Waals surface area contributed by atoms with Crippen LogP contribution in [0.25, 0.3) is 0 Å². The molecule has 0 saturated carbocycles. The maximum atomic E-state index is 12.0. The SMILES string of the molecule is COc1ccccc1OC(=O)Cn1nc(C)c([N+](=O)[O-])c1C. The number of carbonyl (C=O) groups is 1. The average molecular weight is 305 g/mol. The highest BCUT2D eigenvalue weighted by Crippen LogP contribution is 2.26. The van der Waals surface area contributed by atoms with Gasteiger partial charge in [0.25, 0.3) is 0 Å². The van der Waals surface area contributed by atoms with Crippen LogP contribution < -0.4 is 9.47 Å². The third-order valence-corrected chi connectivity index (χ3v) is 3.10. The number of rotatable bonds is 5. The molecule has 1 heterocycles. The summed E-state index contributed by atoms with van der Waals surface area (Å²) in [6.07, 6.45) is 0. The minimum atomic E-state index is -0.593. The van der Waals surface area contributed by atoms with Gasteiger partial charge in [-0.2, -0.15) is 5.10 Å². The standard InChI is InChI=1S/C14H15N3O5/c1-9-14(17(19)20)10(2)16(15-9)8-13(18)22-12-7-5-4-6-11(12)21-3/h4-7H,8H2,1-3H3. The van der Waals surface area contributed by atoms with Gasteiger partial charge in [0.2, 0.25) is 0 Å². The molecular formula is C14H15N3O5. The zero-order chi connectivity index (χ0) is 16.3. The van der Waals surface area contributed by atoms with E-state index in [4.69, 9.17) is 9.47 Å². The van der Waals surface area contributed by atoms with Crippen molar-refractivity contribution in [3.8, 4) is 11.5 Å². The minimum absolute atomic E-state index is 0.0925. The lowest BCUT2D eigenvalue weighted by Crippen LogP contribution is -2.18. The number of esters is 1. The number of benzene rings is 1. The number of hydrogen-bond acceptors (Lipinski definition) is 6. The van der Waals surface area contributed by atoms with Crippen LogP contribution in [0.15, 0.2) is 24.3 Å². The second-order valence-corrected chi connectivity index (χ2v) is 4.56. The number of nitrogens with zero attached hydrogens (tertiary/aromatic N) is 3. The van der Waals surface area contributed by atoms with E-state index in [1.165, 1.54) is 25.6 Å². The summed E-state index contributed by atoms with van der Waals surface area (Å²) < 4.78 is 11.6. The fourth-order valence-electron chi connectivity index (χ4n) is 2.09. The molecule has 1 aromatic carbocycles. The predicted octanol–water partition coefficient (Wildman–Crippen LogP) is 2.02. The molecule has 0 amide bonds. The molecule has 2 aromatic rings. The Bertz CT molecular complexity index is 723. The molecule has 2 rings (SSSR count). The van der Waals surface area contributed by atoms with E-state index in [2.05, 4.69) is 5.10 Å². The summed E-state index contributed by atoms with van der Waals surface area (Å²) in [4.78, 5) is 22.4. The fraction of sp³-hybridized carbons (Fsp3) is 0.286. The van der Waals surface area contributed by atoms with E-state index >= 15 is 0 Å². The molecule has 0 N–H and O–H groups in total. The Morgan fingerprint density at radius 3 is 2.50 bits per heavy atom. The van der Waals surface area contributed by atoms with Crippen LogP contribution in [-0.2, 0) is 11.3 Å². The molecule has 8 heteroatoms. The zero-order valence-electron chi connectivity index (χ0n) is 12.4. The molecule has 0 radical (unpaired) electrons. The van der Waals surface area contributed by atoms with Crippen molar-refractivity contribution in [1.29, 1.82) is 0 Å². The van der Waals surface area contributed by atoms with Gasteiger partial charge in [-0.15, -0.1) is 0 Å². The number of methoxy groups -OCH3 is 1. The van der Waals surface area contributed by atoms with E-state index in [-0.39, 0.29) is 23.7 Å². The average Bonchev–Trinajstić information content (AvgIpc) is 2.73. The molecule has 116 valence electrons. The Morgan fingerprint density at radius 1 is 1.32 bits per heavy atom. The van der Waals surface area contributed by atoms with Gasteiger partial charge in [-0.25, -0.2) is 4.79 Å². The Labute approximate surface area is 126 Å². The van der Waals surface area contributed by atoms with Crippen molar-refractivity contribution in [3.05, 3.63) is 45.8 Å². The summed E-state index contributed by atoms with van der Waals surface area (Å²) in [6.45, 7) is 2.83. The van der Waals surface area contributed by atoms with Crippen LogP contribution in [0.5, 0.6) is 11.5 Å². The molecule has 1 aromatic heterocycles. The third kappa shape index (κ3) is 3.05. The Hall–Kier alpha value is -2.90. The first-order valence-electron chi connectivity index (χ1n) is 6.46. The number of nitro groups is 1. The van der Waals surface area contributed by atoms with Gasteiger partial charge in [-0.05, 0) is 26.0 Å². The van der Waals surface area contributed by atoms with E-state index in [9.17, 15) is 14.9 Å². The summed E-state index contributed by atoms with van der Waals surface area (Å²) in [5.74, 6) is 0.117. The van der Waals surface area contributed by atoms with Crippen molar-refractivity contribution in [1.82, 2.24) is 9.78 Å². The van der Waals surface area contributed by atoms with E-state index in [0.717, 1.165) is 0 Å². The van der Waals surface area contributed by atoms with Gasteiger partial charge in [0.1, 0.15) is 17.9 Å². The second-order valence-electron chi connectivity index (χ2n) is 4.56. The fourth-order valence-corrected chi connectivity index (χ4v) is 2.09. The predicted molar refractivity (Wildman–Crippen MR) is 77.0 cm³/mol. The zero-order valence-corrected chi connectivity index (χ0v) is 12.4. The third-order valence-electron chi connectivity index (χ3n) is 3.10. The number of hydrogen-bond donors (Lipinski definition) is 0. The van der Waals surface area contributed by atoms with E-state index in [1.54, 1.807) is 24.3 Å². The highest BCUT2D eigenvalue weighted by atomic mass is 16.6. The number of ether oxygens (including phenoxy) is 2. The number of aromatic nitrogens is 2. The number of aryl methyl sites for hydroxylation is 1. The van der Waals surface area contributed by atoms with Gasteiger partial charge in [-0.3, -0.25) is 14.8 Å². The van der Waals surface area contributed by atoms with Gasteiger partial charge >= 0.3 is 11.7 Å². The van der Waals surface area contributed by atoms with Crippen molar-refractivity contribution in [3.63, 3.8) is 0 Å². The molecule has 0 unspecified atom stereocenters. The minimum Gasteiger partial charge on any atom is -0.493 e. The lowest BCUT2D eigenvalue weighted by molar-refractivity contribution is -0.386. The first kappa shape index (κ1) is 15.5. The maximum absolute atomic E-state index is 12.0. The number of carbonyl (C=O) groups excluding carboxylic acids is 1. The Morgan fingerprint density at radius 2 is 1.95 bits per heavy atom. The molecule has 0 saturated heterocycles. The molecule has 22 heavy (non-hydrogen) atoms. The molecule has 0 spiro atoms. The van der Waals surface area contributed by atoms with Crippen molar-refractivity contribution in [2.24, 2.45) is 0 Å². The van der Waals surface area contributed by atoms with Crippen molar-refractivity contribution in [2.75, 3.05) is 7.11 Å². The lowest BCUT2D eigenvalue weighted by Gasteiger charge is -2.09. The Kier molecular flexibility index (Phi) is 4.40. The number of para-hydroxylation sites is 2. The largest absolute Gasteiger partial charge is 0.493 e. The van der Waals surface area contributed by atoms with Crippen molar-refractivity contribution in [2.45, 2.75) is 20.4 Å². The summed E-state index contributed by atoms with van der Waals surface area (Å²) in [5.41, 5.74) is 0.470. The van der Waals surface area contributed by atoms with Gasteiger partial charge in [0, 0.05) is 0 Å². The highest BCUT2D eigenvalue weighted by Gasteiger charge is 2.23. The van der Waals surface area contributed by atoms with Crippen molar-refractivity contribution < 1.29 is 19.2 Å². The van der Waals surface area contributed by atoms with Crippen LogP contribution in [-0.4, -0.2) is 27.8 Å². The first-order valence-corrected chi connectivity index (χ1v) is 6.46. The van der Waals surface area contributed by atoms with Crippen LogP contribution in [0.1, 0.15) is 11.4 Å². The molecule has 0 aliphatic carbocycles. The van der Waals surface area contributed by atoms with Crippen molar-refractivity contribution >= 4 is 11.7 Å². The van der Waals surface area contributed by atoms with Gasteiger partial charge < -0.3 is 9.47 Å². The lowest BCUT2D eigenvalue weighted by atomic mass is 10.3. The highest BCUT2D eigenvalue weighted by molar-refractivity contribution is 5.73. The van der Waals surface area contributed by atoms with Gasteiger partial charge in [0.15, 0.2) is 11.5 Å². The molecule has 0 aliphatic rings. The van der Waals surface area contributed by atoms with E-state index in [0.29, 0.717) is 11.4 Å². The van der Waals surface area contributed by atoms with Crippen LogP contribution >= 0.6 is 0 Å². The van der Waals surface area contributed by atoms with Gasteiger partial charge in [-0.1, -0.05) is 12.1 Å². The van der Waals surface area contributed by atoms with Gasteiger partial charge in [0.05, 0.1) is 12.0 Å². The monoisotopic (exact) mass is 305 g/mol. The molecular weight excluding hydrogens is 290 g/mol. The normalized spacial score (nSPS) is 10.3. The Balaban J connectivity index is 2.16. The summed E-state index contributed by atoms with van der Waals surface area (Å²) in [7, 11) is 1.47. The van der Waals surface area contributed by atoms with Crippen LogP contribution in [0, 0.1) is 24.0 Å². The van der Waals surface area contributed by atoms with E-state index in [1.807, 2.05) is 0 Å². The van der Waals surface area contributed by atoms with E-state index < -0.39 is 10.9 Å². The second kappa shape index (κ2) is 6.25. The molecule has 8 nitrogen and oxygen atoms in total. The summed E-state index contributed by atoms with van der Waals surface area (Å²) >= 11 is 0. The van der Waals surface area contributed by atoms with Crippen LogP contribution in [0.2, 0.25) is 0 Å². The molecule has 0 bridgehead atoms. The molecule has 0 aliphatic heterocycles.